The molecule has 2 aromatic rings. The average Bonchev–Trinajstić information content (AvgIpc) is 2.39. The van der Waals surface area contributed by atoms with Gasteiger partial charge in [0, 0.05) is 29.3 Å². The SMILES string of the molecule is Cc1ccc[n+](CC(=O)c2ccc([N+](=O)[O-])cc2)c1.[I-]. The van der Waals surface area contributed by atoms with Crippen molar-refractivity contribution in [3.63, 3.8) is 0 Å². The van der Waals surface area contributed by atoms with Gasteiger partial charge in [-0.3, -0.25) is 14.9 Å². The van der Waals surface area contributed by atoms with E-state index in [9.17, 15) is 14.9 Å². The number of halogens is 1. The van der Waals surface area contributed by atoms with Crippen molar-refractivity contribution in [2.75, 3.05) is 0 Å². The highest BCUT2D eigenvalue weighted by Crippen LogP contribution is 2.12. The van der Waals surface area contributed by atoms with Gasteiger partial charge in [0.05, 0.1) is 4.92 Å². The van der Waals surface area contributed by atoms with E-state index in [-0.39, 0.29) is 42.0 Å². The number of ketones is 1. The number of non-ortho nitro benzene ring substituents is 1. The molecule has 0 aliphatic rings. The summed E-state index contributed by atoms with van der Waals surface area (Å²) in [5.74, 6) is -0.0782. The standard InChI is InChI=1S/C14H13N2O3.HI/c1-11-3-2-8-15(9-11)10-14(17)12-4-6-13(7-5-12)16(18)19;/h2-9H,10H2,1H3;1H/q+1;/p-1. The van der Waals surface area contributed by atoms with Gasteiger partial charge in [-0.15, -0.1) is 0 Å². The fourth-order valence-corrected chi connectivity index (χ4v) is 1.78. The molecule has 1 heterocycles. The van der Waals surface area contributed by atoms with Crippen molar-refractivity contribution in [3.8, 4) is 0 Å². The maximum Gasteiger partial charge on any atom is 0.269 e. The van der Waals surface area contributed by atoms with Gasteiger partial charge < -0.3 is 24.0 Å². The van der Waals surface area contributed by atoms with Crippen molar-refractivity contribution in [3.05, 3.63) is 70.0 Å². The van der Waals surface area contributed by atoms with Crippen LogP contribution in [0, 0.1) is 17.0 Å². The summed E-state index contributed by atoms with van der Waals surface area (Å²) in [6, 6.07) is 9.47. The van der Waals surface area contributed by atoms with Gasteiger partial charge in [0.25, 0.3) is 5.69 Å². The molecule has 1 aromatic carbocycles. The molecule has 0 saturated heterocycles. The van der Waals surface area contributed by atoms with Crippen LogP contribution in [0.4, 0.5) is 5.69 Å². The molecule has 0 spiro atoms. The van der Waals surface area contributed by atoms with Crippen molar-refractivity contribution in [2.24, 2.45) is 0 Å². The zero-order chi connectivity index (χ0) is 13.8. The van der Waals surface area contributed by atoms with Gasteiger partial charge in [0.1, 0.15) is 0 Å². The van der Waals surface area contributed by atoms with Crippen LogP contribution in [0.15, 0.2) is 48.8 Å². The first kappa shape index (κ1) is 16.2. The van der Waals surface area contributed by atoms with Crippen LogP contribution in [0.3, 0.4) is 0 Å². The second-order valence-corrected chi connectivity index (χ2v) is 4.28. The molecule has 6 heteroatoms. The molecule has 0 bridgehead atoms. The normalized spacial score (nSPS) is 9.65. The van der Waals surface area contributed by atoms with Gasteiger partial charge in [0.15, 0.2) is 12.4 Å². The summed E-state index contributed by atoms with van der Waals surface area (Å²) in [7, 11) is 0. The quantitative estimate of drug-likeness (QED) is 0.225. The number of hydrogen-bond acceptors (Lipinski definition) is 3. The number of aromatic nitrogens is 1. The van der Waals surface area contributed by atoms with E-state index in [4.69, 9.17) is 0 Å². The van der Waals surface area contributed by atoms with Gasteiger partial charge in [-0.1, -0.05) is 0 Å². The van der Waals surface area contributed by atoms with E-state index in [0.29, 0.717) is 5.56 Å². The van der Waals surface area contributed by atoms with E-state index in [0.717, 1.165) is 5.56 Å². The summed E-state index contributed by atoms with van der Waals surface area (Å²) in [5, 5.41) is 10.5. The third kappa shape index (κ3) is 4.09. The van der Waals surface area contributed by atoms with Crippen LogP contribution in [0.25, 0.3) is 0 Å². The summed E-state index contributed by atoms with van der Waals surface area (Å²) in [6.45, 7) is 2.17. The van der Waals surface area contributed by atoms with E-state index in [1.54, 1.807) is 4.57 Å². The molecule has 0 N–H and O–H groups in total. The van der Waals surface area contributed by atoms with E-state index in [1.165, 1.54) is 24.3 Å². The Hall–Kier alpha value is -1.83. The van der Waals surface area contributed by atoms with Crippen LogP contribution >= 0.6 is 0 Å². The number of pyridine rings is 1. The maximum atomic E-state index is 12.0. The monoisotopic (exact) mass is 384 g/mol. The number of rotatable bonds is 4. The van der Waals surface area contributed by atoms with E-state index in [2.05, 4.69) is 0 Å². The maximum absolute atomic E-state index is 12.0. The predicted octanol–water partition coefficient (Wildman–Crippen LogP) is -0.922. The number of Topliss-reactive ketones (excluding diaryl/α,β-unsaturated/α-hetero) is 1. The lowest BCUT2D eigenvalue weighted by atomic mass is 10.1. The summed E-state index contributed by atoms with van der Waals surface area (Å²) >= 11 is 0. The topological polar surface area (TPSA) is 64.1 Å². The van der Waals surface area contributed by atoms with Crippen LogP contribution in [0.5, 0.6) is 0 Å². The molecule has 0 radical (unpaired) electrons. The lowest BCUT2D eigenvalue weighted by Gasteiger charge is -1.99. The highest BCUT2D eigenvalue weighted by Gasteiger charge is 2.13. The minimum atomic E-state index is -0.483. The Kier molecular flexibility index (Phi) is 5.75. The second kappa shape index (κ2) is 7.09. The van der Waals surface area contributed by atoms with Crippen molar-refractivity contribution in [1.82, 2.24) is 0 Å². The molecular weight excluding hydrogens is 371 g/mol. The van der Waals surface area contributed by atoms with E-state index < -0.39 is 4.92 Å². The van der Waals surface area contributed by atoms with Crippen LogP contribution < -0.4 is 28.5 Å². The van der Waals surface area contributed by atoms with Crippen molar-refractivity contribution in [2.45, 2.75) is 13.5 Å². The molecule has 0 amide bonds. The minimum Gasteiger partial charge on any atom is -1.00 e. The van der Waals surface area contributed by atoms with Crippen molar-refractivity contribution >= 4 is 11.5 Å². The van der Waals surface area contributed by atoms with Crippen molar-refractivity contribution < 1.29 is 38.3 Å². The smallest absolute Gasteiger partial charge is 0.269 e. The number of aryl methyl sites for hydroxylation is 1. The number of hydrogen-bond donors (Lipinski definition) is 0. The van der Waals surface area contributed by atoms with E-state index >= 15 is 0 Å². The molecule has 2 rings (SSSR count). The molecular formula is C14H13IN2O3. The van der Waals surface area contributed by atoms with Gasteiger partial charge in [-0.05, 0) is 25.1 Å². The Morgan fingerprint density at radius 3 is 2.45 bits per heavy atom. The summed E-state index contributed by atoms with van der Waals surface area (Å²) in [5.41, 5.74) is 1.53. The highest BCUT2D eigenvalue weighted by molar-refractivity contribution is 5.95. The Morgan fingerprint density at radius 1 is 1.25 bits per heavy atom. The first-order chi connectivity index (χ1) is 9.06. The molecule has 0 fully saturated rings. The third-order valence-corrected chi connectivity index (χ3v) is 2.73. The van der Waals surface area contributed by atoms with Crippen molar-refractivity contribution in [1.29, 1.82) is 0 Å². The number of nitro benzene ring substituents is 1. The van der Waals surface area contributed by atoms with Crippen LogP contribution in [-0.2, 0) is 6.54 Å². The number of carbonyl (C=O) groups is 1. The first-order valence-electron chi connectivity index (χ1n) is 5.79. The predicted molar refractivity (Wildman–Crippen MR) is 68.8 cm³/mol. The Labute approximate surface area is 133 Å². The molecule has 0 aliphatic carbocycles. The summed E-state index contributed by atoms with van der Waals surface area (Å²) in [4.78, 5) is 22.1. The number of carbonyl (C=O) groups excluding carboxylic acids is 1. The van der Waals surface area contributed by atoms with Gasteiger partial charge in [-0.25, -0.2) is 0 Å². The largest absolute Gasteiger partial charge is 1.00 e. The summed E-state index contributed by atoms with van der Waals surface area (Å²) < 4.78 is 1.79. The molecule has 5 nitrogen and oxygen atoms in total. The second-order valence-electron chi connectivity index (χ2n) is 4.28. The first-order valence-corrected chi connectivity index (χ1v) is 5.79. The average molecular weight is 384 g/mol. The highest BCUT2D eigenvalue weighted by atomic mass is 127. The molecule has 0 unspecified atom stereocenters. The fourth-order valence-electron chi connectivity index (χ4n) is 1.78. The lowest BCUT2D eigenvalue weighted by Crippen LogP contribution is -3.00. The Bertz CT molecular complexity index is 627. The number of benzene rings is 1. The molecule has 0 aliphatic heterocycles. The number of nitro groups is 1. The molecule has 20 heavy (non-hydrogen) atoms. The van der Waals surface area contributed by atoms with E-state index in [1.807, 2.05) is 31.5 Å². The van der Waals surface area contributed by atoms with Crippen LogP contribution in [0.2, 0.25) is 0 Å². The molecule has 104 valence electrons. The molecule has 0 saturated carbocycles. The van der Waals surface area contributed by atoms with Gasteiger partial charge >= 0.3 is 0 Å². The molecule has 0 atom stereocenters. The molecule has 1 aromatic heterocycles. The van der Waals surface area contributed by atoms with Crippen LogP contribution in [0.1, 0.15) is 15.9 Å². The Balaban J connectivity index is 0.00000200. The third-order valence-electron chi connectivity index (χ3n) is 2.73. The fraction of sp³-hybridized carbons (Fsp3) is 0.143. The van der Waals surface area contributed by atoms with Gasteiger partial charge in [0.2, 0.25) is 12.3 Å². The zero-order valence-electron chi connectivity index (χ0n) is 10.8. The lowest BCUT2D eigenvalue weighted by molar-refractivity contribution is -0.683. The Morgan fingerprint density at radius 2 is 1.90 bits per heavy atom. The van der Waals surface area contributed by atoms with Gasteiger partial charge in [-0.2, -0.15) is 4.57 Å². The van der Waals surface area contributed by atoms with Crippen LogP contribution in [-0.4, -0.2) is 10.7 Å². The zero-order valence-corrected chi connectivity index (χ0v) is 13.0. The summed E-state index contributed by atoms with van der Waals surface area (Å²) in [6.07, 6.45) is 3.69. The number of nitrogens with zero attached hydrogens (tertiary/aromatic N) is 2. The minimum absolute atomic E-state index is 0.